The van der Waals surface area contributed by atoms with Crippen LogP contribution in [-0.2, 0) is 28.7 Å². The number of Topliss-reactive ketones (excluding diaryl/α,β-unsaturated/α-hetero) is 4. The minimum Gasteiger partial charge on any atom is -0.381 e. The second-order valence-electron chi connectivity index (χ2n) is 14.5. The highest BCUT2D eigenvalue weighted by atomic mass is 32.2. The van der Waals surface area contributed by atoms with Gasteiger partial charge < -0.3 is 9.47 Å². The first-order valence-corrected chi connectivity index (χ1v) is 21.0. The van der Waals surface area contributed by atoms with Crippen molar-refractivity contribution in [3.05, 3.63) is 0 Å². The fourth-order valence-electron chi connectivity index (χ4n) is 3.96. The molecule has 48 heavy (non-hydrogen) atoms. The molecular formula is C40H80O6S2. The van der Waals surface area contributed by atoms with Crippen molar-refractivity contribution in [1.29, 1.82) is 0 Å². The summed E-state index contributed by atoms with van der Waals surface area (Å²) < 4.78 is 10.4. The molecule has 0 spiro atoms. The van der Waals surface area contributed by atoms with Crippen LogP contribution in [0.2, 0.25) is 0 Å². The second kappa shape index (κ2) is 36.1. The van der Waals surface area contributed by atoms with E-state index in [0.717, 1.165) is 35.9 Å². The van der Waals surface area contributed by atoms with Crippen molar-refractivity contribution in [2.24, 2.45) is 47.3 Å². The van der Waals surface area contributed by atoms with Crippen LogP contribution in [0, 0.1) is 47.3 Å². The van der Waals surface area contributed by atoms with Gasteiger partial charge in [0.15, 0.2) is 0 Å². The Bertz CT molecular complexity index is 654. The average molecular weight is 721 g/mol. The SMILES string of the molecule is CCOCC(C)C(=O)CC(C)C.CCOCC(C)C(=O)CC(C)C.CCSCC(C)C(=O)CC(C)C.CCSCC(C)C(=O)CC(C)C. The molecule has 0 fully saturated rings. The molecule has 0 aliphatic heterocycles. The fraction of sp³-hybridized carbons (Fsp3) is 0.900. The van der Waals surface area contributed by atoms with Gasteiger partial charge in [0.1, 0.15) is 23.1 Å². The van der Waals surface area contributed by atoms with Gasteiger partial charge in [-0.3, -0.25) is 19.2 Å². The molecule has 0 rings (SSSR count). The van der Waals surface area contributed by atoms with Crippen molar-refractivity contribution in [3.8, 4) is 0 Å². The number of ketones is 4. The highest BCUT2D eigenvalue weighted by Gasteiger charge is 2.16. The largest absolute Gasteiger partial charge is 0.381 e. The molecule has 0 saturated heterocycles. The molecule has 6 nitrogen and oxygen atoms in total. The van der Waals surface area contributed by atoms with Gasteiger partial charge in [-0.05, 0) is 49.0 Å². The molecule has 0 aliphatic rings. The Labute approximate surface area is 307 Å². The first-order chi connectivity index (χ1) is 22.3. The zero-order valence-electron chi connectivity index (χ0n) is 34.4. The van der Waals surface area contributed by atoms with Gasteiger partial charge in [-0.25, -0.2) is 0 Å². The van der Waals surface area contributed by atoms with Crippen molar-refractivity contribution in [1.82, 2.24) is 0 Å². The first-order valence-electron chi connectivity index (χ1n) is 18.7. The molecule has 0 heterocycles. The van der Waals surface area contributed by atoms with Gasteiger partial charge in [-0.15, -0.1) is 0 Å². The zero-order valence-corrected chi connectivity index (χ0v) is 36.0. The normalized spacial score (nSPS) is 13.4. The Morgan fingerprint density at radius 3 is 0.833 bits per heavy atom. The highest BCUT2D eigenvalue weighted by Crippen LogP contribution is 2.14. The third kappa shape index (κ3) is 39.7. The van der Waals surface area contributed by atoms with Gasteiger partial charge in [0.2, 0.25) is 0 Å². The third-order valence-electron chi connectivity index (χ3n) is 6.92. The van der Waals surface area contributed by atoms with E-state index in [1.165, 1.54) is 0 Å². The maximum atomic E-state index is 11.4. The number of hydrogen-bond acceptors (Lipinski definition) is 8. The van der Waals surface area contributed by atoms with Crippen LogP contribution < -0.4 is 0 Å². The topological polar surface area (TPSA) is 86.7 Å². The second-order valence-corrected chi connectivity index (χ2v) is 17.1. The van der Waals surface area contributed by atoms with Gasteiger partial charge in [-0.2, -0.15) is 23.5 Å². The standard InChI is InChI=1S/2C10H20O2.2C10H20OS/c4*1-5-12-7-9(4)10(11)6-8(2)3/h4*8-9H,5-7H2,1-4H3. The van der Waals surface area contributed by atoms with E-state index in [1.54, 1.807) is 0 Å². The number of thioether (sulfide) groups is 2. The van der Waals surface area contributed by atoms with E-state index in [2.05, 4.69) is 69.2 Å². The fourth-order valence-corrected chi connectivity index (χ4v) is 5.51. The van der Waals surface area contributed by atoms with Crippen LogP contribution in [0.25, 0.3) is 0 Å². The lowest BCUT2D eigenvalue weighted by Crippen LogP contribution is -2.18. The van der Waals surface area contributed by atoms with Crippen molar-refractivity contribution in [3.63, 3.8) is 0 Å². The van der Waals surface area contributed by atoms with Crippen molar-refractivity contribution in [2.45, 2.75) is 136 Å². The Kier molecular flexibility index (Phi) is 40.7. The highest BCUT2D eigenvalue weighted by molar-refractivity contribution is 7.99. The van der Waals surface area contributed by atoms with Crippen LogP contribution in [0.5, 0.6) is 0 Å². The van der Waals surface area contributed by atoms with E-state index in [9.17, 15) is 19.2 Å². The average Bonchev–Trinajstić information content (AvgIpc) is 2.99. The number of ether oxygens (including phenoxy) is 2. The van der Waals surface area contributed by atoms with Crippen LogP contribution in [0.15, 0.2) is 0 Å². The summed E-state index contributed by atoms with van der Waals surface area (Å²) in [5, 5.41) is 0. The van der Waals surface area contributed by atoms with Gasteiger partial charge in [0, 0.05) is 74.1 Å². The Hall–Kier alpha value is -0.700. The summed E-state index contributed by atoms with van der Waals surface area (Å²) in [6.07, 6.45) is 2.83. The summed E-state index contributed by atoms with van der Waals surface area (Å²) in [5.74, 6) is 8.23. The van der Waals surface area contributed by atoms with Gasteiger partial charge in [0.05, 0.1) is 13.2 Å². The van der Waals surface area contributed by atoms with Crippen LogP contribution in [0.4, 0.5) is 0 Å². The van der Waals surface area contributed by atoms with E-state index in [4.69, 9.17) is 9.47 Å². The quantitative estimate of drug-likeness (QED) is 0.0974. The Morgan fingerprint density at radius 1 is 0.417 bits per heavy atom. The summed E-state index contributed by atoms with van der Waals surface area (Å²) in [6.45, 7) is 35.2. The maximum Gasteiger partial charge on any atom is 0.138 e. The molecule has 0 aromatic carbocycles. The minimum atomic E-state index is 0.0624. The summed E-state index contributed by atoms with van der Waals surface area (Å²) in [6, 6.07) is 0. The number of hydrogen-bond donors (Lipinski definition) is 0. The Morgan fingerprint density at radius 2 is 0.646 bits per heavy atom. The predicted molar refractivity (Wildman–Crippen MR) is 213 cm³/mol. The number of rotatable bonds is 24. The van der Waals surface area contributed by atoms with Crippen molar-refractivity contribution < 1.29 is 28.7 Å². The van der Waals surface area contributed by atoms with E-state index in [-0.39, 0.29) is 23.7 Å². The van der Waals surface area contributed by atoms with Crippen LogP contribution in [-0.4, -0.2) is 72.6 Å². The lowest BCUT2D eigenvalue weighted by atomic mass is 9.98. The van der Waals surface area contributed by atoms with E-state index in [0.29, 0.717) is 86.1 Å². The molecule has 4 unspecified atom stereocenters. The summed E-state index contributed by atoms with van der Waals surface area (Å²) in [4.78, 5) is 45.7. The predicted octanol–water partition coefficient (Wildman–Crippen LogP) is 10.5. The van der Waals surface area contributed by atoms with E-state index < -0.39 is 0 Å². The molecule has 288 valence electrons. The molecule has 0 N–H and O–H groups in total. The molecule has 4 atom stereocenters. The molecule has 0 radical (unpaired) electrons. The molecule has 0 saturated carbocycles. The molecule has 0 aromatic rings. The zero-order chi connectivity index (χ0) is 38.2. The maximum absolute atomic E-state index is 11.4. The molecule has 0 aliphatic carbocycles. The first kappa shape index (κ1) is 54.1. The smallest absolute Gasteiger partial charge is 0.138 e. The van der Waals surface area contributed by atoms with Crippen LogP contribution >= 0.6 is 23.5 Å². The molecule has 0 amide bonds. The lowest BCUT2D eigenvalue weighted by molar-refractivity contribution is -0.125. The van der Waals surface area contributed by atoms with E-state index >= 15 is 0 Å². The summed E-state index contributed by atoms with van der Waals surface area (Å²) >= 11 is 3.70. The monoisotopic (exact) mass is 721 g/mol. The van der Waals surface area contributed by atoms with Crippen LogP contribution in [0.3, 0.4) is 0 Å². The van der Waals surface area contributed by atoms with Crippen LogP contribution in [0.1, 0.15) is 136 Å². The van der Waals surface area contributed by atoms with Crippen molar-refractivity contribution >= 4 is 46.7 Å². The minimum absolute atomic E-state index is 0.0624. The number of carbonyl (C=O) groups is 4. The van der Waals surface area contributed by atoms with Gasteiger partial charge >= 0.3 is 0 Å². The van der Waals surface area contributed by atoms with E-state index in [1.807, 2.05) is 65.1 Å². The summed E-state index contributed by atoms with van der Waals surface area (Å²) in [7, 11) is 0. The molecule has 0 bridgehead atoms. The van der Waals surface area contributed by atoms with Gasteiger partial charge in [-0.1, -0.05) is 96.9 Å². The summed E-state index contributed by atoms with van der Waals surface area (Å²) in [5.41, 5.74) is 0. The number of carbonyl (C=O) groups excluding carboxylic acids is 4. The third-order valence-corrected chi connectivity index (χ3v) is 9.21. The Balaban J connectivity index is -0.000000269. The van der Waals surface area contributed by atoms with Gasteiger partial charge in [0.25, 0.3) is 0 Å². The van der Waals surface area contributed by atoms with Crippen molar-refractivity contribution in [2.75, 3.05) is 49.4 Å². The molecule has 8 heteroatoms. The molecular weight excluding hydrogens is 641 g/mol. The molecule has 0 aromatic heterocycles. The lowest BCUT2D eigenvalue weighted by Gasteiger charge is -2.11.